The van der Waals surface area contributed by atoms with Crippen LogP contribution < -0.4 is 4.74 Å². The molecule has 20 heavy (non-hydrogen) atoms. The van der Waals surface area contributed by atoms with Crippen LogP contribution in [-0.2, 0) is 4.74 Å². The molecular weight excluding hydrogens is 270 g/mol. The maximum Gasteiger partial charge on any atom is 0.119 e. The van der Waals surface area contributed by atoms with Gasteiger partial charge in [-0.25, -0.2) is 0 Å². The molecule has 1 aromatic rings. The highest BCUT2D eigenvalue weighted by molar-refractivity contribution is 7.99. The van der Waals surface area contributed by atoms with Crippen molar-refractivity contribution < 1.29 is 9.47 Å². The molecule has 1 aromatic carbocycles. The number of hydrogen-bond acceptors (Lipinski definition) is 4. The molecule has 0 aromatic heterocycles. The lowest BCUT2D eigenvalue weighted by atomic mass is 9.86. The third-order valence-electron chi connectivity index (χ3n) is 4.14. The van der Waals surface area contributed by atoms with Crippen LogP contribution in [0, 0.1) is 11.3 Å². The molecule has 0 aliphatic carbocycles. The Balaban J connectivity index is 1.63. The lowest BCUT2D eigenvalue weighted by molar-refractivity contribution is -0.116. The summed E-state index contributed by atoms with van der Waals surface area (Å²) in [6.07, 6.45) is 4.47. The highest BCUT2D eigenvalue weighted by Gasteiger charge is 2.39. The molecule has 106 valence electrons. The van der Waals surface area contributed by atoms with Crippen LogP contribution >= 0.6 is 11.8 Å². The van der Waals surface area contributed by atoms with E-state index in [1.165, 1.54) is 11.5 Å². The van der Waals surface area contributed by atoms with Gasteiger partial charge in [-0.15, -0.1) is 0 Å². The van der Waals surface area contributed by atoms with E-state index in [1.807, 2.05) is 36.0 Å². The molecule has 2 saturated heterocycles. The standard InChI is InChI=1S/C16H19NO2S/c17-12-13-1-3-14(4-2-13)19-15-5-8-18-16(11-15)6-9-20-10-7-16/h1-4,15H,5-11H2. The highest BCUT2D eigenvalue weighted by atomic mass is 32.2. The fourth-order valence-electron chi connectivity index (χ4n) is 2.98. The number of thioether (sulfide) groups is 1. The second kappa shape index (κ2) is 6.07. The van der Waals surface area contributed by atoms with Gasteiger partial charge in [-0.2, -0.15) is 17.0 Å². The number of benzene rings is 1. The van der Waals surface area contributed by atoms with Crippen molar-refractivity contribution in [1.82, 2.24) is 0 Å². The third kappa shape index (κ3) is 3.11. The van der Waals surface area contributed by atoms with Gasteiger partial charge in [0, 0.05) is 12.8 Å². The van der Waals surface area contributed by atoms with Crippen LogP contribution in [0.25, 0.3) is 0 Å². The summed E-state index contributed by atoms with van der Waals surface area (Å²) in [6, 6.07) is 9.51. The average molecular weight is 289 g/mol. The predicted molar refractivity (Wildman–Crippen MR) is 80.0 cm³/mol. The Morgan fingerprint density at radius 2 is 2.00 bits per heavy atom. The number of nitrogens with zero attached hydrogens (tertiary/aromatic N) is 1. The second-order valence-corrected chi connectivity index (χ2v) is 6.74. The normalized spacial score (nSPS) is 25.1. The first kappa shape index (κ1) is 13.8. The monoisotopic (exact) mass is 289 g/mol. The van der Waals surface area contributed by atoms with E-state index >= 15 is 0 Å². The largest absolute Gasteiger partial charge is 0.490 e. The summed E-state index contributed by atoms with van der Waals surface area (Å²) in [5.74, 6) is 3.25. The number of ether oxygens (including phenoxy) is 2. The molecule has 3 nitrogen and oxygen atoms in total. The van der Waals surface area contributed by atoms with Gasteiger partial charge in [-0.05, 0) is 48.6 Å². The van der Waals surface area contributed by atoms with E-state index in [4.69, 9.17) is 14.7 Å². The van der Waals surface area contributed by atoms with Crippen molar-refractivity contribution in [2.45, 2.75) is 37.4 Å². The summed E-state index contributed by atoms with van der Waals surface area (Å²) in [6.45, 7) is 0.797. The van der Waals surface area contributed by atoms with Crippen molar-refractivity contribution >= 4 is 11.8 Å². The number of rotatable bonds is 2. The van der Waals surface area contributed by atoms with Gasteiger partial charge in [0.05, 0.1) is 23.8 Å². The Bertz CT molecular complexity index is 483. The molecular formula is C16H19NO2S. The summed E-state index contributed by atoms with van der Waals surface area (Å²) in [5, 5.41) is 8.81. The van der Waals surface area contributed by atoms with E-state index in [9.17, 15) is 0 Å². The zero-order valence-corrected chi connectivity index (χ0v) is 12.3. The molecule has 2 aliphatic heterocycles. The first-order valence-electron chi connectivity index (χ1n) is 7.18. The first-order valence-corrected chi connectivity index (χ1v) is 8.34. The molecule has 0 radical (unpaired) electrons. The summed E-state index contributed by atoms with van der Waals surface area (Å²) in [7, 11) is 0. The maximum absolute atomic E-state index is 8.81. The molecule has 0 N–H and O–H groups in total. The van der Waals surface area contributed by atoms with Gasteiger partial charge in [0.15, 0.2) is 0 Å². The molecule has 2 aliphatic rings. The molecule has 2 fully saturated rings. The van der Waals surface area contributed by atoms with Crippen molar-refractivity contribution in [1.29, 1.82) is 5.26 Å². The van der Waals surface area contributed by atoms with Gasteiger partial charge in [0.25, 0.3) is 0 Å². The number of nitriles is 1. The Morgan fingerprint density at radius 1 is 1.25 bits per heavy atom. The second-order valence-electron chi connectivity index (χ2n) is 5.51. The fraction of sp³-hybridized carbons (Fsp3) is 0.562. The van der Waals surface area contributed by atoms with Crippen molar-refractivity contribution in [2.75, 3.05) is 18.1 Å². The summed E-state index contributed by atoms with van der Waals surface area (Å²) >= 11 is 2.02. The van der Waals surface area contributed by atoms with Gasteiger partial charge >= 0.3 is 0 Å². The minimum atomic E-state index is 0.0563. The van der Waals surface area contributed by atoms with E-state index in [-0.39, 0.29) is 11.7 Å². The lowest BCUT2D eigenvalue weighted by Crippen LogP contribution is -2.46. The van der Waals surface area contributed by atoms with E-state index in [0.717, 1.165) is 38.0 Å². The average Bonchev–Trinajstić information content (AvgIpc) is 2.49. The first-order chi connectivity index (χ1) is 9.80. The molecule has 1 spiro atoms. The summed E-state index contributed by atoms with van der Waals surface area (Å²) in [5.41, 5.74) is 0.728. The molecule has 3 rings (SSSR count). The SMILES string of the molecule is N#Cc1ccc(OC2CCOC3(CCSCC3)C2)cc1. The minimum Gasteiger partial charge on any atom is -0.490 e. The van der Waals surface area contributed by atoms with Gasteiger partial charge in [0.2, 0.25) is 0 Å². The zero-order valence-electron chi connectivity index (χ0n) is 11.5. The van der Waals surface area contributed by atoms with Gasteiger partial charge in [-0.1, -0.05) is 0 Å². The van der Waals surface area contributed by atoms with Crippen molar-refractivity contribution in [2.24, 2.45) is 0 Å². The molecule has 1 unspecified atom stereocenters. The van der Waals surface area contributed by atoms with Crippen LogP contribution in [-0.4, -0.2) is 29.8 Å². The smallest absolute Gasteiger partial charge is 0.119 e. The Hall–Kier alpha value is -1.18. The molecule has 0 saturated carbocycles. The third-order valence-corrected chi connectivity index (χ3v) is 5.12. The summed E-state index contributed by atoms with van der Waals surface area (Å²) < 4.78 is 12.2. The van der Waals surface area contributed by atoms with Gasteiger partial charge in [0.1, 0.15) is 11.9 Å². The van der Waals surface area contributed by atoms with Crippen molar-refractivity contribution in [3.8, 4) is 11.8 Å². The molecule has 0 amide bonds. The van der Waals surface area contributed by atoms with Crippen LogP contribution in [0.3, 0.4) is 0 Å². The maximum atomic E-state index is 8.81. The van der Waals surface area contributed by atoms with Crippen molar-refractivity contribution in [3.05, 3.63) is 29.8 Å². The van der Waals surface area contributed by atoms with Crippen molar-refractivity contribution in [3.63, 3.8) is 0 Å². The highest BCUT2D eigenvalue weighted by Crippen LogP contribution is 2.38. The Labute approximate surface area is 124 Å². The Morgan fingerprint density at radius 3 is 2.70 bits per heavy atom. The van der Waals surface area contributed by atoms with Gasteiger partial charge in [-0.3, -0.25) is 0 Å². The predicted octanol–water partition coefficient (Wildman–Crippen LogP) is 3.38. The quantitative estimate of drug-likeness (QED) is 0.837. The van der Waals surface area contributed by atoms with Crippen LogP contribution in [0.15, 0.2) is 24.3 Å². The molecule has 0 bridgehead atoms. The topological polar surface area (TPSA) is 42.2 Å². The minimum absolute atomic E-state index is 0.0563. The van der Waals surface area contributed by atoms with Crippen LogP contribution in [0.1, 0.15) is 31.2 Å². The molecule has 4 heteroatoms. The fourth-order valence-corrected chi connectivity index (χ4v) is 4.21. The number of hydrogen-bond donors (Lipinski definition) is 0. The summed E-state index contributed by atoms with van der Waals surface area (Å²) in [4.78, 5) is 0. The molecule has 1 atom stereocenters. The van der Waals surface area contributed by atoms with E-state index < -0.39 is 0 Å². The van der Waals surface area contributed by atoms with E-state index in [2.05, 4.69) is 6.07 Å². The molecule has 2 heterocycles. The van der Waals surface area contributed by atoms with Crippen LogP contribution in [0.4, 0.5) is 0 Å². The van der Waals surface area contributed by atoms with Crippen LogP contribution in [0.2, 0.25) is 0 Å². The zero-order chi connectivity index (χ0) is 13.8. The van der Waals surface area contributed by atoms with E-state index in [1.54, 1.807) is 0 Å². The van der Waals surface area contributed by atoms with E-state index in [0.29, 0.717) is 5.56 Å². The van der Waals surface area contributed by atoms with Gasteiger partial charge < -0.3 is 9.47 Å². The Kier molecular flexibility index (Phi) is 4.18. The lowest BCUT2D eigenvalue weighted by Gasteiger charge is -2.43. The van der Waals surface area contributed by atoms with Crippen LogP contribution in [0.5, 0.6) is 5.75 Å².